The molecule has 1 aliphatic carbocycles. The van der Waals surface area contributed by atoms with Crippen LogP contribution < -0.4 is 9.73 Å². The Morgan fingerprint density at radius 1 is 1.14 bits per heavy atom. The molecule has 1 amide bonds. The molecule has 0 bridgehead atoms. The molecule has 5 rings (SSSR count). The van der Waals surface area contributed by atoms with Crippen LogP contribution in [-0.4, -0.2) is 26.1 Å². The van der Waals surface area contributed by atoms with Crippen LogP contribution in [0.5, 0.6) is 0 Å². The van der Waals surface area contributed by atoms with Gasteiger partial charge in [-0.2, -0.15) is 18.4 Å². The molecule has 1 atom stereocenters. The lowest BCUT2D eigenvalue weighted by Crippen LogP contribution is -2.42. The van der Waals surface area contributed by atoms with Crippen LogP contribution in [0.15, 0.2) is 62.9 Å². The second kappa shape index (κ2) is 8.96. The molecule has 182 valence electrons. The molecule has 1 N–H and O–H groups in total. The Balaban J connectivity index is 1.49. The number of halogens is 1. The van der Waals surface area contributed by atoms with Gasteiger partial charge in [0.2, 0.25) is 0 Å². The quantitative estimate of drug-likeness (QED) is 0.530. The molecule has 2 aromatic carbocycles. The van der Waals surface area contributed by atoms with Crippen molar-refractivity contribution in [3.05, 3.63) is 82.6 Å². The lowest BCUT2D eigenvalue weighted by atomic mass is 9.92. The van der Waals surface area contributed by atoms with Gasteiger partial charge >= 0.3 is 0 Å². The number of amides is 1. The summed E-state index contributed by atoms with van der Waals surface area (Å²) < 4.78 is 45.1. The number of sulfonamides is 1. The summed E-state index contributed by atoms with van der Waals surface area (Å²) in [4.78, 5) is 17.8. The van der Waals surface area contributed by atoms with Crippen LogP contribution in [-0.2, 0) is 22.9 Å². The van der Waals surface area contributed by atoms with Crippen molar-refractivity contribution in [1.82, 2.24) is 4.83 Å². The Morgan fingerprint density at radius 3 is 2.69 bits per heavy atom. The van der Waals surface area contributed by atoms with Crippen LogP contribution in [0.3, 0.4) is 0 Å². The summed E-state index contributed by atoms with van der Waals surface area (Å²) in [5, 5.41) is 4.23. The molecular weight excluding hydrogens is 469 g/mol. The van der Waals surface area contributed by atoms with E-state index in [1.807, 2.05) is 6.92 Å². The van der Waals surface area contributed by atoms with Crippen molar-refractivity contribution in [3.8, 4) is 0 Å². The van der Waals surface area contributed by atoms with Gasteiger partial charge in [-0.1, -0.05) is 18.2 Å². The minimum absolute atomic E-state index is 0.0761. The van der Waals surface area contributed by atoms with Crippen molar-refractivity contribution >= 4 is 27.3 Å². The highest BCUT2D eigenvalue weighted by Gasteiger charge is 2.35. The van der Waals surface area contributed by atoms with E-state index in [0.29, 0.717) is 47.5 Å². The number of nitrogens with zero attached hydrogens (tertiary/aromatic N) is 2. The summed E-state index contributed by atoms with van der Waals surface area (Å²) >= 11 is 0. The van der Waals surface area contributed by atoms with Gasteiger partial charge in [-0.05, 0) is 75.4 Å². The maximum absolute atomic E-state index is 13.8. The Labute approximate surface area is 203 Å². The summed E-state index contributed by atoms with van der Waals surface area (Å²) in [7, 11) is -3.82. The molecule has 35 heavy (non-hydrogen) atoms. The first-order valence-electron chi connectivity index (χ1n) is 11.6. The molecule has 0 spiro atoms. The van der Waals surface area contributed by atoms with Crippen molar-refractivity contribution in [2.75, 3.05) is 4.90 Å². The van der Waals surface area contributed by atoms with Crippen LogP contribution in [0.2, 0.25) is 0 Å². The van der Waals surface area contributed by atoms with E-state index in [1.165, 1.54) is 24.3 Å². The summed E-state index contributed by atoms with van der Waals surface area (Å²) in [5.41, 5.74) is 3.33. The molecule has 1 aromatic heterocycles. The molecule has 7 nitrogen and oxygen atoms in total. The summed E-state index contributed by atoms with van der Waals surface area (Å²) in [6.07, 6.45) is 3.33. The SMILES string of the molecule is Cc1c(C(=O)N2c3ccc(F)cc3CCC2C)oc2c1/C(=N/NS(=O)(=O)c1ccccc1)CCC2. The maximum Gasteiger partial charge on any atom is 0.294 e. The molecule has 3 aromatic rings. The van der Waals surface area contributed by atoms with E-state index >= 15 is 0 Å². The minimum atomic E-state index is -3.82. The third kappa shape index (κ3) is 4.25. The summed E-state index contributed by atoms with van der Waals surface area (Å²) in [5.74, 6) is 0.216. The molecule has 1 aliphatic heterocycles. The van der Waals surface area contributed by atoms with Gasteiger partial charge in [-0.15, -0.1) is 0 Å². The second-order valence-electron chi connectivity index (χ2n) is 9.01. The highest BCUT2D eigenvalue weighted by atomic mass is 32.2. The van der Waals surface area contributed by atoms with Crippen molar-refractivity contribution in [1.29, 1.82) is 0 Å². The molecular formula is C26H26FN3O4S. The van der Waals surface area contributed by atoms with Gasteiger partial charge < -0.3 is 9.32 Å². The minimum Gasteiger partial charge on any atom is -0.455 e. The van der Waals surface area contributed by atoms with E-state index in [1.54, 1.807) is 36.1 Å². The average Bonchev–Trinajstić information content (AvgIpc) is 3.20. The number of anilines is 1. The first-order chi connectivity index (χ1) is 16.8. The number of hydrazone groups is 1. The third-order valence-electron chi connectivity index (χ3n) is 6.67. The maximum atomic E-state index is 13.8. The Morgan fingerprint density at radius 2 is 1.91 bits per heavy atom. The van der Waals surface area contributed by atoms with Crippen LogP contribution >= 0.6 is 0 Å². The fourth-order valence-corrected chi connectivity index (χ4v) is 5.74. The number of fused-ring (bicyclic) bond motifs is 2. The largest absolute Gasteiger partial charge is 0.455 e. The van der Waals surface area contributed by atoms with Crippen molar-refractivity contribution in [2.24, 2.45) is 5.10 Å². The molecule has 0 saturated heterocycles. The molecule has 1 unspecified atom stereocenters. The van der Waals surface area contributed by atoms with E-state index in [4.69, 9.17) is 4.42 Å². The lowest BCUT2D eigenvalue weighted by molar-refractivity contribution is 0.0945. The standard InChI is InChI=1S/C26H26FN3O4S/c1-16-11-12-18-15-19(27)13-14-22(18)30(16)26(31)25-17(2)24-21(9-6-10-23(24)34-25)28-29-35(32,33)20-7-4-3-5-8-20/h3-5,7-8,13-16,29H,6,9-12H2,1-2H3/b28-21+. The number of nitrogens with one attached hydrogen (secondary N) is 1. The van der Waals surface area contributed by atoms with Gasteiger partial charge in [0.15, 0.2) is 5.76 Å². The highest BCUT2D eigenvalue weighted by molar-refractivity contribution is 7.89. The fraction of sp³-hybridized carbons (Fsp3) is 0.308. The number of furan rings is 1. The van der Waals surface area contributed by atoms with Crippen LogP contribution in [0.4, 0.5) is 10.1 Å². The van der Waals surface area contributed by atoms with Gasteiger partial charge in [0, 0.05) is 29.3 Å². The molecule has 9 heteroatoms. The number of rotatable bonds is 4. The van der Waals surface area contributed by atoms with Crippen molar-refractivity contribution < 1.29 is 22.0 Å². The van der Waals surface area contributed by atoms with Gasteiger partial charge in [-0.3, -0.25) is 4.79 Å². The zero-order chi connectivity index (χ0) is 24.7. The van der Waals surface area contributed by atoms with Crippen LogP contribution in [0, 0.1) is 12.7 Å². The van der Waals surface area contributed by atoms with Gasteiger partial charge in [0.25, 0.3) is 15.9 Å². The Hall–Kier alpha value is -3.46. The molecule has 2 aliphatic rings. The highest BCUT2D eigenvalue weighted by Crippen LogP contribution is 2.36. The van der Waals surface area contributed by atoms with E-state index in [2.05, 4.69) is 9.93 Å². The Bertz CT molecular complexity index is 1430. The average molecular weight is 496 g/mol. The number of aryl methyl sites for hydroxylation is 2. The number of carbonyl (C=O) groups is 1. The fourth-order valence-electron chi connectivity index (χ4n) is 4.89. The summed E-state index contributed by atoms with van der Waals surface area (Å²) in [6, 6.07) is 12.4. The van der Waals surface area contributed by atoms with E-state index < -0.39 is 10.0 Å². The monoisotopic (exact) mass is 495 g/mol. The second-order valence-corrected chi connectivity index (χ2v) is 10.7. The summed E-state index contributed by atoms with van der Waals surface area (Å²) in [6.45, 7) is 3.76. The lowest BCUT2D eigenvalue weighted by Gasteiger charge is -2.34. The van der Waals surface area contributed by atoms with Crippen LogP contribution in [0.25, 0.3) is 0 Å². The molecule has 0 fully saturated rings. The predicted molar refractivity (Wildman–Crippen MR) is 131 cm³/mol. The van der Waals surface area contributed by atoms with Gasteiger partial charge in [0.05, 0.1) is 10.6 Å². The Kier molecular flexibility index (Phi) is 5.96. The number of carbonyl (C=O) groups excluding carboxylic acids is 1. The van der Waals surface area contributed by atoms with E-state index in [-0.39, 0.29) is 28.4 Å². The van der Waals surface area contributed by atoms with Crippen molar-refractivity contribution in [2.45, 2.75) is 56.9 Å². The van der Waals surface area contributed by atoms with E-state index in [9.17, 15) is 17.6 Å². The zero-order valence-electron chi connectivity index (χ0n) is 19.5. The molecule has 0 radical (unpaired) electrons. The van der Waals surface area contributed by atoms with Crippen LogP contribution in [0.1, 0.15) is 59.2 Å². The van der Waals surface area contributed by atoms with Crippen molar-refractivity contribution in [3.63, 3.8) is 0 Å². The number of benzene rings is 2. The van der Waals surface area contributed by atoms with Gasteiger partial charge in [0.1, 0.15) is 11.6 Å². The normalized spacial score (nSPS) is 18.8. The number of hydrogen-bond donors (Lipinski definition) is 1. The smallest absolute Gasteiger partial charge is 0.294 e. The first kappa shape index (κ1) is 23.3. The van der Waals surface area contributed by atoms with Gasteiger partial charge in [-0.25, -0.2) is 4.39 Å². The molecule has 0 saturated carbocycles. The third-order valence-corrected chi connectivity index (χ3v) is 7.89. The number of hydrogen-bond acceptors (Lipinski definition) is 5. The topological polar surface area (TPSA) is 92.0 Å². The zero-order valence-corrected chi connectivity index (χ0v) is 20.4. The first-order valence-corrected chi connectivity index (χ1v) is 13.1. The van der Waals surface area contributed by atoms with E-state index in [0.717, 1.165) is 18.4 Å². The predicted octanol–water partition coefficient (Wildman–Crippen LogP) is 4.73. The molecule has 2 heterocycles.